The third-order valence-corrected chi connectivity index (χ3v) is 2.96. The number of benzene rings is 1. The first kappa shape index (κ1) is 12.9. The number of thioether (sulfide) groups is 1. The highest BCUT2D eigenvalue weighted by atomic mass is 32.2. The molecule has 1 aromatic rings. The van der Waals surface area contributed by atoms with Crippen LogP contribution in [0, 0.1) is 6.92 Å². The number of hydrogen-bond donors (Lipinski definition) is 2. The number of phenols is 1. The molecule has 0 bridgehead atoms. The number of rotatable bonds is 5. The fourth-order valence-electron chi connectivity index (χ4n) is 1.42. The van der Waals surface area contributed by atoms with Crippen molar-refractivity contribution in [2.75, 3.05) is 18.6 Å². The highest BCUT2D eigenvalue weighted by Gasteiger charge is 2.08. The lowest BCUT2D eigenvalue weighted by molar-refractivity contribution is 0.0953. The molecule has 0 spiro atoms. The van der Waals surface area contributed by atoms with Gasteiger partial charge in [0.25, 0.3) is 5.91 Å². The summed E-state index contributed by atoms with van der Waals surface area (Å²) in [7, 11) is 0. The van der Waals surface area contributed by atoms with E-state index in [4.69, 9.17) is 0 Å². The highest BCUT2D eigenvalue weighted by molar-refractivity contribution is 7.98. The number of hydrogen-bond acceptors (Lipinski definition) is 3. The molecule has 0 saturated carbocycles. The molecule has 1 amide bonds. The molecule has 2 N–H and O–H groups in total. The monoisotopic (exact) mass is 239 g/mol. The van der Waals surface area contributed by atoms with Crippen LogP contribution in [0.15, 0.2) is 18.2 Å². The fraction of sp³-hybridized carbons (Fsp3) is 0.417. The standard InChI is InChI=1S/C12H17NO2S/c1-9-8-10(14)4-5-11(9)12(15)13-6-3-7-16-2/h4-5,8,14H,3,6-7H2,1-2H3,(H,13,15). The lowest BCUT2D eigenvalue weighted by atomic mass is 10.1. The fourth-order valence-corrected chi connectivity index (χ4v) is 1.85. The van der Waals surface area contributed by atoms with Crippen molar-refractivity contribution in [1.82, 2.24) is 5.32 Å². The van der Waals surface area contributed by atoms with Crippen molar-refractivity contribution in [2.24, 2.45) is 0 Å². The molecule has 1 rings (SSSR count). The zero-order chi connectivity index (χ0) is 12.0. The van der Waals surface area contributed by atoms with Gasteiger partial charge in [0.1, 0.15) is 5.75 Å². The van der Waals surface area contributed by atoms with Crippen molar-refractivity contribution < 1.29 is 9.90 Å². The van der Waals surface area contributed by atoms with Gasteiger partial charge < -0.3 is 10.4 Å². The average molecular weight is 239 g/mol. The lowest BCUT2D eigenvalue weighted by Crippen LogP contribution is -2.25. The van der Waals surface area contributed by atoms with E-state index in [1.807, 2.05) is 13.2 Å². The molecule has 0 aromatic heterocycles. The average Bonchev–Trinajstić information content (AvgIpc) is 2.24. The van der Waals surface area contributed by atoms with Crippen molar-refractivity contribution >= 4 is 17.7 Å². The van der Waals surface area contributed by atoms with Crippen LogP contribution >= 0.6 is 11.8 Å². The van der Waals surface area contributed by atoms with Crippen LogP contribution in [-0.2, 0) is 0 Å². The van der Waals surface area contributed by atoms with Gasteiger partial charge in [-0.3, -0.25) is 4.79 Å². The van der Waals surface area contributed by atoms with Crippen LogP contribution in [0.4, 0.5) is 0 Å². The zero-order valence-electron chi connectivity index (χ0n) is 9.62. The molecule has 0 unspecified atom stereocenters. The molecule has 0 aliphatic heterocycles. The SMILES string of the molecule is CSCCCNC(=O)c1ccc(O)cc1C. The van der Waals surface area contributed by atoms with E-state index in [-0.39, 0.29) is 11.7 Å². The zero-order valence-corrected chi connectivity index (χ0v) is 10.4. The Balaban J connectivity index is 2.53. The molecular formula is C12H17NO2S. The van der Waals surface area contributed by atoms with Gasteiger partial charge in [-0.15, -0.1) is 0 Å². The van der Waals surface area contributed by atoms with Crippen molar-refractivity contribution in [3.8, 4) is 5.75 Å². The third kappa shape index (κ3) is 3.77. The van der Waals surface area contributed by atoms with Crippen molar-refractivity contribution in [3.05, 3.63) is 29.3 Å². The number of amides is 1. The number of carbonyl (C=O) groups excluding carboxylic acids is 1. The second-order valence-electron chi connectivity index (χ2n) is 3.60. The Bertz CT molecular complexity index is 366. The predicted octanol–water partition coefficient (Wildman–Crippen LogP) is 2.18. The van der Waals surface area contributed by atoms with E-state index in [0.717, 1.165) is 17.7 Å². The minimum Gasteiger partial charge on any atom is -0.508 e. The molecule has 1 aromatic carbocycles. The number of phenolic OH excluding ortho intramolecular Hbond substituents is 1. The van der Waals surface area contributed by atoms with E-state index in [9.17, 15) is 9.90 Å². The molecule has 88 valence electrons. The Labute approximate surface area is 100 Å². The van der Waals surface area contributed by atoms with Crippen LogP contribution in [0.1, 0.15) is 22.3 Å². The smallest absolute Gasteiger partial charge is 0.251 e. The summed E-state index contributed by atoms with van der Waals surface area (Å²) in [5.41, 5.74) is 1.42. The lowest BCUT2D eigenvalue weighted by Gasteiger charge is -2.07. The Morgan fingerprint density at radius 1 is 1.50 bits per heavy atom. The van der Waals surface area contributed by atoms with Gasteiger partial charge in [0.05, 0.1) is 0 Å². The predicted molar refractivity (Wildman–Crippen MR) is 68.2 cm³/mol. The van der Waals surface area contributed by atoms with Crippen molar-refractivity contribution in [3.63, 3.8) is 0 Å². The summed E-state index contributed by atoms with van der Waals surface area (Å²) in [6, 6.07) is 4.77. The van der Waals surface area contributed by atoms with Gasteiger partial charge in [-0.25, -0.2) is 0 Å². The van der Waals surface area contributed by atoms with Gasteiger partial charge >= 0.3 is 0 Å². The van der Waals surface area contributed by atoms with Crippen LogP contribution in [0.5, 0.6) is 5.75 Å². The second-order valence-corrected chi connectivity index (χ2v) is 4.59. The van der Waals surface area contributed by atoms with Crippen LogP contribution < -0.4 is 5.32 Å². The van der Waals surface area contributed by atoms with Crippen LogP contribution in [0.3, 0.4) is 0 Å². The summed E-state index contributed by atoms with van der Waals surface area (Å²) in [6.45, 7) is 2.51. The molecule has 16 heavy (non-hydrogen) atoms. The van der Waals surface area contributed by atoms with E-state index in [1.165, 1.54) is 6.07 Å². The first-order valence-electron chi connectivity index (χ1n) is 5.22. The molecule has 0 heterocycles. The molecule has 0 atom stereocenters. The Kier molecular flexibility index (Phi) is 5.19. The summed E-state index contributed by atoms with van der Waals surface area (Å²) in [5, 5.41) is 12.1. The normalized spacial score (nSPS) is 10.1. The van der Waals surface area contributed by atoms with E-state index >= 15 is 0 Å². The molecule has 0 saturated heterocycles. The summed E-state index contributed by atoms with van der Waals surface area (Å²) >= 11 is 1.77. The van der Waals surface area contributed by atoms with Gasteiger partial charge in [-0.05, 0) is 49.1 Å². The van der Waals surface area contributed by atoms with Crippen LogP contribution in [0.25, 0.3) is 0 Å². The van der Waals surface area contributed by atoms with E-state index in [0.29, 0.717) is 12.1 Å². The number of carbonyl (C=O) groups is 1. The number of aromatic hydroxyl groups is 1. The van der Waals surface area contributed by atoms with Gasteiger partial charge in [0, 0.05) is 12.1 Å². The van der Waals surface area contributed by atoms with E-state index in [1.54, 1.807) is 23.9 Å². The molecule has 0 radical (unpaired) electrons. The quantitative estimate of drug-likeness (QED) is 0.774. The van der Waals surface area contributed by atoms with Crippen LogP contribution in [0.2, 0.25) is 0 Å². The second kappa shape index (κ2) is 6.43. The number of aryl methyl sites for hydroxylation is 1. The Morgan fingerprint density at radius 3 is 2.88 bits per heavy atom. The number of nitrogens with one attached hydrogen (secondary N) is 1. The molecule has 3 nitrogen and oxygen atoms in total. The maximum atomic E-state index is 11.7. The summed E-state index contributed by atoms with van der Waals surface area (Å²) in [5.74, 6) is 1.17. The summed E-state index contributed by atoms with van der Waals surface area (Å²) in [6.07, 6.45) is 3.02. The van der Waals surface area contributed by atoms with Gasteiger partial charge in [0.15, 0.2) is 0 Å². The minimum atomic E-state index is -0.0707. The molecule has 0 fully saturated rings. The maximum absolute atomic E-state index is 11.7. The maximum Gasteiger partial charge on any atom is 0.251 e. The van der Waals surface area contributed by atoms with E-state index in [2.05, 4.69) is 5.32 Å². The summed E-state index contributed by atoms with van der Waals surface area (Å²) in [4.78, 5) is 11.7. The third-order valence-electron chi connectivity index (χ3n) is 2.27. The van der Waals surface area contributed by atoms with Crippen LogP contribution in [-0.4, -0.2) is 29.6 Å². The first-order valence-corrected chi connectivity index (χ1v) is 6.61. The van der Waals surface area contributed by atoms with Crippen molar-refractivity contribution in [1.29, 1.82) is 0 Å². The Hall–Kier alpha value is -1.16. The Morgan fingerprint density at radius 2 is 2.25 bits per heavy atom. The van der Waals surface area contributed by atoms with Gasteiger partial charge in [-0.1, -0.05) is 0 Å². The molecule has 4 heteroatoms. The van der Waals surface area contributed by atoms with Crippen molar-refractivity contribution in [2.45, 2.75) is 13.3 Å². The topological polar surface area (TPSA) is 49.3 Å². The van der Waals surface area contributed by atoms with Gasteiger partial charge in [0.2, 0.25) is 0 Å². The van der Waals surface area contributed by atoms with Gasteiger partial charge in [-0.2, -0.15) is 11.8 Å². The van der Waals surface area contributed by atoms with E-state index < -0.39 is 0 Å². The largest absolute Gasteiger partial charge is 0.508 e. The molecule has 0 aliphatic carbocycles. The first-order chi connectivity index (χ1) is 7.65. The highest BCUT2D eigenvalue weighted by Crippen LogP contribution is 2.15. The minimum absolute atomic E-state index is 0.0707. The molecule has 0 aliphatic rings. The molecular weight excluding hydrogens is 222 g/mol. The summed E-state index contributed by atoms with van der Waals surface area (Å²) < 4.78 is 0.